The number of nitrogens with zero attached hydrogens (tertiary/aromatic N) is 4. The Labute approximate surface area is 132 Å². The molecule has 2 aromatic heterocycles. The Balaban J connectivity index is 2.12. The van der Waals surface area contributed by atoms with E-state index in [0.717, 1.165) is 17.7 Å². The van der Waals surface area contributed by atoms with Crippen molar-refractivity contribution in [2.24, 2.45) is 14.1 Å². The van der Waals surface area contributed by atoms with Crippen LogP contribution in [-0.2, 0) is 14.1 Å². The molecule has 0 aliphatic carbocycles. The number of fused-ring (bicyclic) bond motifs is 1. The molecule has 3 rings (SSSR count). The van der Waals surface area contributed by atoms with Crippen molar-refractivity contribution >= 4 is 16.9 Å². The molecule has 1 aliphatic heterocycles. The van der Waals surface area contributed by atoms with Gasteiger partial charge >= 0.3 is 5.69 Å². The van der Waals surface area contributed by atoms with Crippen molar-refractivity contribution in [3.63, 3.8) is 0 Å². The van der Waals surface area contributed by atoms with Gasteiger partial charge in [-0.05, 0) is 13.0 Å². The number of nitrogens with one attached hydrogen (secondary N) is 1. The number of carbonyl (C=O) groups excluding carboxylic acids is 1. The Morgan fingerprint density at radius 2 is 2.04 bits per heavy atom. The second-order valence-corrected chi connectivity index (χ2v) is 5.85. The molecule has 8 nitrogen and oxygen atoms in total. The molecule has 0 radical (unpaired) electrons. The quantitative estimate of drug-likeness (QED) is 0.734. The fourth-order valence-electron chi connectivity index (χ4n) is 2.89. The molecule has 1 fully saturated rings. The van der Waals surface area contributed by atoms with Gasteiger partial charge in [0.05, 0.1) is 10.9 Å². The molecule has 1 aliphatic rings. The number of aryl methyl sites for hydroxylation is 1. The number of piperazine rings is 1. The van der Waals surface area contributed by atoms with Crippen molar-refractivity contribution in [2.75, 3.05) is 19.6 Å². The third kappa shape index (κ3) is 2.44. The summed E-state index contributed by atoms with van der Waals surface area (Å²) in [6, 6.07) is 1.61. The maximum atomic E-state index is 12.7. The van der Waals surface area contributed by atoms with Gasteiger partial charge in [0.15, 0.2) is 0 Å². The number of hydrogen-bond donors (Lipinski definition) is 1. The van der Waals surface area contributed by atoms with E-state index in [0.29, 0.717) is 12.1 Å². The number of aromatic nitrogens is 3. The molecule has 0 aromatic carbocycles. The largest absolute Gasteiger partial charge is 0.333 e. The molecule has 0 spiro atoms. The summed E-state index contributed by atoms with van der Waals surface area (Å²) in [4.78, 5) is 42.8. The van der Waals surface area contributed by atoms with Crippen LogP contribution in [-0.4, -0.2) is 50.6 Å². The zero-order valence-electron chi connectivity index (χ0n) is 13.4. The summed E-state index contributed by atoms with van der Waals surface area (Å²) in [5.74, 6) is -0.149. The van der Waals surface area contributed by atoms with Gasteiger partial charge in [-0.25, -0.2) is 9.78 Å². The average Bonchev–Trinajstić information content (AvgIpc) is 2.57. The lowest BCUT2D eigenvalue weighted by molar-refractivity contribution is 0.0655. The highest BCUT2D eigenvalue weighted by Gasteiger charge is 2.25. The smallest absolute Gasteiger partial charge is 0.332 e. The van der Waals surface area contributed by atoms with Gasteiger partial charge in [0.2, 0.25) is 0 Å². The summed E-state index contributed by atoms with van der Waals surface area (Å²) in [5.41, 5.74) is -0.242. The molecule has 2 aromatic rings. The fraction of sp³-hybridized carbons (Fsp3) is 0.467. The van der Waals surface area contributed by atoms with E-state index in [1.54, 1.807) is 11.9 Å². The van der Waals surface area contributed by atoms with Crippen molar-refractivity contribution in [3.8, 4) is 0 Å². The van der Waals surface area contributed by atoms with E-state index in [1.165, 1.54) is 23.9 Å². The predicted octanol–water partition coefficient (Wildman–Crippen LogP) is -0.934. The second-order valence-electron chi connectivity index (χ2n) is 5.85. The number of carbonyl (C=O) groups is 1. The van der Waals surface area contributed by atoms with Gasteiger partial charge in [0.1, 0.15) is 5.65 Å². The molecule has 1 N–H and O–H groups in total. The molecule has 122 valence electrons. The lowest BCUT2D eigenvalue weighted by Crippen LogP contribution is -2.52. The standard InChI is InChI=1S/C15H19N5O3/c1-9-7-16-4-5-20(9)13(21)10-6-11-12(17-8-10)18(2)15(23)19(3)14(11)22/h6,8-9,16H,4-5,7H2,1-3H3/t9-/m1/s1. The Morgan fingerprint density at radius 1 is 1.30 bits per heavy atom. The SMILES string of the molecule is C[C@@H]1CNCCN1C(=O)c1cnc2c(c1)c(=O)n(C)c(=O)n2C. The van der Waals surface area contributed by atoms with Crippen molar-refractivity contribution in [1.82, 2.24) is 24.3 Å². The topological polar surface area (TPSA) is 89.2 Å². The predicted molar refractivity (Wildman–Crippen MR) is 85.6 cm³/mol. The Bertz CT molecular complexity index is 898. The molecule has 8 heteroatoms. The third-order valence-electron chi connectivity index (χ3n) is 4.30. The lowest BCUT2D eigenvalue weighted by Gasteiger charge is -2.34. The number of rotatable bonds is 1. The van der Waals surface area contributed by atoms with E-state index in [-0.39, 0.29) is 23.0 Å². The maximum absolute atomic E-state index is 12.7. The maximum Gasteiger partial charge on any atom is 0.332 e. The summed E-state index contributed by atoms with van der Waals surface area (Å²) in [5, 5.41) is 3.50. The van der Waals surface area contributed by atoms with Gasteiger partial charge in [-0.3, -0.25) is 18.7 Å². The molecule has 0 bridgehead atoms. The van der Waals surface area contributed by atoms with Crippen molar-refractivity contribution < 1.29 is 4.79 Å². The number of amides is 1. The average molecular weight is 317 g/mol. The van der Waals surface area contributed by atoms with Crippen LogP contribution in [0.4, 0.5) is 0 Å². The lowest BCUT2D eigenvalue weighted by atomic mass is 10.1. The normalized spacial score (nSPS) is 18.4. The molecular weight excluding hydrogens is 298 g/mol. The molecule has 3 heterocycles. The van der Waals surface area contributed by atoms with E-state index in [4.69, 9.17) is 0 Å². The molecule has 1 amide bonds. The van der Waals surface area contributed by atoms with Crippen LogP contribution in [0, 0.1) is 0 Å². The van der Waals surface area contributed by atoms with Gasteiger partial charge in [0, 0.05) is 46.0 Å². The van der Waals surface area contributed by atoms with Gasteiger partial charge < -0.3 is 10.2 Å². The zero-order chi connectivity index (χ0) is 16.7. The summed E-state index contributed by atoms with van der Waals surface area (Å²) < 4.78 is 2.32. The summed E-state index contributed by atoms with van der Waals surface area (Å²) in [6.45, 7) is 4.07. The fourth-order valence-corrected chi connectivity index (χ4v) is 2.89. The van der Waals surface area contributed by atoms with E-state index in [2.05, 4.69) is 10.3 Å². The molecule has 1 atom stereocenters. The van der Waals surface area contributed by atoms with Crippen LogP contribution in [0.1, 0.15) is 17.3 Å². The van der Waals surface area contributed by atoms with E-state index < -0.39 is 11.2 Å². The van der Waals surface area contributed by atoms with Crippen LogP contribution in [0.25, 0.3) is 11.0 Å². The Morgan fingerprint density at radius 3 is 2.74 bits per heavy atom. The van der Waals surface area contributed by atoms with Crippen LogP contribution in [0.5, 0.6) is 0 Å². The van der Waals surface area contributed by atoms with Crippen LogP contribution in [0.15, 0.2) is 21.9 Å². The van der Waals surface area contributed by atoms with Crippen LogP contribution < -0.4 is 16.6 Å². The Kier molecular flexibility index (Phi) is 3.77. The van der Waals surface area contributed by atoms with E-state index in [9.17, 15) is 14.4 Å². The first kappa shape index (κ1) is 15.4. The minimum absolute atomic E-state index is 0.0786. The van der Waals surface area contributed by atoms with Gasteiger partial charge in [-0.1, -0.05) is 0 Å². The van der Waals surface area contributed by atoms with Crippen molar-refractivity contribution in [1.29, 1.82) is 0 Å². The van der Waals surface area contributed by atoms with Crippen LogP contribution >= 0.6 is 0 Å². The van der Waals surface area contributed by atoms with Crippen molar-refractivity contribution in [2.45, 2.75) is 13.0 Å². The third-order valence-corrected chi connectivity index (χ3v) is 4.30. The molecule has 0 unspecified atom stereocenters. The summed E-state index contributed by atoms with van der Waals surface area (Å²) >= 11 is 0. The number of pyridine rings is 1. The summed E-state index contributed by atoms with van der Waals surface area (Å²) in [6.07, 6.45) is 1.43. The minimum Gasteiger partial charge on any atom is -0.333 e. The van der Waals surface area contributed by atoms with Crippen LogP contribution in [0.3, 0.4) is 0 Å². The molecular formula is C15H19N5O3. The van der Waals surface area contributed by atoms with Crippen molar-refractivity contribution in [3.05, 3.63) is 38.7 Å². The van der Waals surface area contributed by atoms with E-state index >= 15 is 0 Å². The first-order valence-corrected chi connectivity index (χ1v) is 7.49. The molecule has 0 saturated carbocycles. The first-order chi connectivity index (χ1) is 10.9. The highest BCUT2D eigenvalue weighted by Crippen LogP contribution is 2.13. The Hall–Kier alpha value is -2.48. The first-order valence-electron chi connectivity index (χ1n) is 7.49. The zero-order valence-corrected chi connectivity index (χ0v) is 13.4. The van der Waals surface area contributed by atoms with Crippen LogP contribution in [0.2, 0.25) is 0 Å². The highest BCUT2D eigenvalue weighted by molar-refractivity contribution is 5.97. The van der Waals surface area contributed by atoms with Gasteiger partial charge in [-0.15, -0.1) is 0 Å². The minimum atomic E-state index is -0.446. The number of hydrogen-bond acceptors (Lipinski definition) is 5. The molecule has 23 heavy (non-hydrogen) atoms. The van der Waals surface area contributed by atoms with Gasteiger partial charge in [-0.2, -0.15) is 0 Å². The van der Waals surface area contributed by atoms with Gasteiger partial charge in [0.25, 0.3) is 11.5 Å². The highest BCUT2D eigenvalue weighted by atomic mass is 16.2. The molecule has 1 saturated heterocycles. The van der Waals surface area contributed by atoms with E-state index in [1.807, 2.05) is 6.92 Å². The second kappa shape index (κ2) is 5.62. The monoisotopic (exact) mass is 317 g/mol. The summed E-state index contributed by atoms with van der Waals surface area (Å²) in [7, 11) is 2.97.